The molecule has 0 amide bonds. The Kier molecular flexibility index (Phi) is 4.11. The maximum absolute atomic E-state index is 12.4. The molecule has 4 heteroatoms. The molecular formula is C18H13BrO3. The average Bonchev–Trinajstić information content (AvgIpc) is 2.57. The van der Waals surface area contributed by atoms with Gasteiger partial charge < -0.3 is 9.47 Å². The summed E-state index contributed by atoms with van der Waals surface area (Å²) >= 11 is 3.50. The second kappa shape index (κ2) is 6.20. The molecule has 0 N–H and O–H groups in total. The fourth-order valence-electron chi connectivity index (χ4n) is 2.29. The lowest BCUT2D eigenvalue weighted by Gasteiger charge is -2.11. The Hall–Kier alpha value is -2.33. The predicted octanol–water partition coefficient (Wildman–Crippen LogP) is 4.83. The van der Waals surface area contributed by atoms with Gasteiger partial charge in [0, 0.05) is 9.86 Å². The van der Waals surface area contributed by atoms with Crippen LogP contribution >= 0.6 is 15.9 Å². The molecule has 3 rings (SSSR count). The molecule has 0 radical (unpaired) electrons. The number of esters is 1. The number of fused-ring (bicyclic) bond motifs is 1. The molecule has 0 unspecified atom stereocenters. The van der Waals surface area contributed by atoms with Gasteiger partial charge in [-0.2, -0.15) is 0 Å². The first kappa shape index (κ1) is 14.6. The summed E-state index contributed by atoms with van der Waals surface area (Å²) in [5, 5.41) is 1.87. The van der Waals surface area contributed by atoms with E-state index in [-0.39, 0.29) is 0 Å². The zero-order valence-electron chi connectivity index (χ0n) is 11.9. The molecule has 0 saturated carbocycles. The fraction of sp³-hybridized carbons (Fsp3) is 0.0556. The first-order valence-electron chi connectivity index (χ1n) is 6.73. The summed E-state index contributed by atoms with van der Waals surface area (Å²) < 4.78 is 11.7. The lowest BCUT2D eigenvalue weighted by molar-refractivity contribution is 0.0733. The summed E-state index contributed by atoms with van der Waals surface area (Å²) in [4.78, 5) is 12.4. The maximum Gasteiger partial charge on any atom is 0.347 e. The number of rotatable bonds is 3. The van der Waals surface area contributed by atoms with Crippen molar-refractivity contribution in [1.82, 2.24) is 0 Å². The molecule has 0 aliphatic rings. The van der Waals surface area contributed by atoms with Gasteiger partial charge in [0.25, 0.3) is 0 Å². The minimum atomic E-state index is -0.440. The third-order valence-electron chi connectivity index (χ3n) is 3.36. The van der Waals surface area contributed by atoms with Crippen LogP contribution in [0.25, 0.3) is 10.8 Å². The van der Waals surface area contributed by atoms with Crippen LogP contribution in [0.3, 0.4) is 0 Å². The van der Waals surface area contributed by atoms with E-state index in [0.29, 0.717) is 17.1 Å². The van der Waals surface area contributed by atoms with Gasteiger partial charge in [-0.1, -0.05) is 52.3 Å². The van der Waals surface area contributed by atoms with Gasteiger partial charge in [-0.3, -0.25) is 0 Å². The quantitative estimate of drug-likeness (QED) is 0.498. The predicted molar refractivity (Wildman–Crippen MR) is 89.6 cm³/mol. The van der Waals surface area contributed by atoms with E-state index in [9.17, 15) is 4.79 Å². The Labute approximate surface area is 136 Å². The van der Waals surface area contributed by atoms with Crippen molar-refractivity contribution in [2.24, 2.45) is 0 Å². The standard InChI is InChI=1S/C18H13BrO3/c1-21-16-9-5-4-8-14(16)18(20)22-17-11-10-15(19)12-6-2-3-7-13(12)17/h2-11H,1H3. The van der Waals surface area contributed by atoms with Crippen LogP contribution in [0.4, 0.5) is 0 Å². The third-order valence-corrected chi connectivity index (χ3v) is 4.05. The Bertz CT molecular complexity index is 843. The molecule has 0 fully saturated rings. The van der Waals surface area contributed by atoms with Crippen molar-refractivity contribution in [1.29, 1.82) is 0 Å². The van der Waals surface area contributed by atoms with E-state index in [1.165, 1.54) is 7.11 Å². The second-order valence-electron chi connectivity index (χ2n) is 4.68. The first-order chi connectivity index (χ1) is 10.7. The highest BCUT2D eigenvalue weighted by atomic mass is 79.9. The van der Waals surface area contributed by atoms with Crippen molar-refractivity contribution < 1.29 is 14.3 Å². The van der Waals surface area contributed by atoms with Gasteiger partial charge >= 0.3 is 5.97 Å². The van der Waals surface area contributed by atoms with Gasteiger partial charge in [0.05, 0.1) is 7.11 Å². The highest BCUT2D eigenvalue weighted by Gasteiger charge is 2.15. The molecule has 110 valence electrons. The number of carbonyl (C=O) groups is 1. The van der Waals surface area contributed by atoms with Gasteiger partial charge in [0.15, 0.2) is 0 Å². The number of hydrogen-bond acceptors (Lipinski definition) is 3. The topological polar surface area (TPSA) is 35.5 Å². The highest BCUT2D eigenvalue weighted by Crippen LogP contribution is 2.32. The Morgan fingerprint density at radius 3 is 2.32 bits per heavy atom. The van der Waals surface area contributed by atoms with Crippen LogP contribution in [-0.4, -0.2) is 13.1 Å². The van der Waals surface area contributed by atoms with Crippen LogP contribution in [0.1, 0.15) is 10.4 Å². The Balaban J connectivity index is 2.00. The molecule has 0 saturated heterocycles. The molecule has 0 aliphatic carbocycles. The Morgan fingerprint density at radius 2 is 1.55 bits per heavy atom. The molecule has 0 aromatic heterocycles. The first-order valence-corrected chi connectivity index (χ1v) is 7.52. The number of carbonyl (C=O) groups excluding carboxylic acids is 1. The molecule has 22 heavy (non-hydrogen) atoms. The van der Waals surface area contributed by atoms with E-state index in [0.717, 1.165) is 15.2 Å². The minimum absolute atomic E-state index is 0.400. The third kappa shape index (κ3) is 2.70. The molecule has 3 aromatic carbocycles. The van der Waals surface area contributed by atoms with E-state index >= 15 is 0 Å². The van der Waals surface area contributed by atoms with Gasteiger partial charge in [-0.15, -0.1) is 0 Å². The van der Waals surface area contributed by atoms with Crippen molar-refractivity contribution >= 4 is 32.7 Å². The summed E-state index contributed by atoms with van der Waals surface area (Å²) in [7, 11) is 1.53. The van der Waals surface area contributed by atoms with Crippen molar-refractivity contribution in [3.8, 4) is 11.5 Å². The fourth-order valence-corrected chi connectivity index (χ4v) is 2.77. The van der Waals surface area contributed by atoms with Crippen LogP contribution in [0, 0.1) is 0 Å². The number of hydrogen-bond donors (Lipinski definition) is 0. The van der Waals surface area contributed by atoms with E-state index < -0.39 is 5.97 Å². The van der Waals surface area contributed by atoms with Crippen molar-refractivity contribution in [3.05, 3.63) is 70.7 Å². The summed E-state index contributed by atoms with van der Waals surface area (Å²) in [5.74, 6) is 0.577. The van der Waals surface area contributed by atoms with Crippen LogP contribution in [0.15, 0.2) is 65.1 Å². The minimum Gasteiger partial charge on any atom is -0.496 e. The molecule has 0 heterocycles. The second-order valence-corrected chi connectivity index (χ2v) is 5.54. The molecular weight excluding hydrogens is 344 g/mol. The summed E-state index contributed by atoms with van der Waals surface area (Å²) in [6.45, 7) is 0. The zero-order chi connectivity index (χ0) is 15.5. The Morgan fingerprint density at radius 1 is 0.864 bits per heavy atom. The van der Waals surface area contributed by atoms with Crippen molar-refractivity contribution in [2.45, 2.75) is 0 Å². The molecule has 0 atom stereocenters. The van der Waals surface area contributed by atoms with E-state index in [1.54, 1.807) is 24.3 Å². The molecule has 3 nitrogen and oxygen atoms in total. The van der Waals surface area contributed by atoms with Gasteiger partial charge in [0.1, 0.15) is 17.1 Å². The van der Waals surface area contributed by atoms with Crippen LogP contribution < -0.4 is 9.47 Å². The van der Waals surface area contributed by atoms with E-state index in [1.807, 2.05) is 36.4 Å². The zero-order valence-corrected chi connectivity index (χ0v) is 13.5. The molecule has 0 bridgehead atoms. The lowest BCUT2D eigenvalue weighted by atomic mass is 10.1. The van der Waals surface area contributed by atoms with Crippen molar-refractivity contribution in [2.75, 3.05) is 7.11 Å². The molecule has 0 spiro atoms. The number of methoxy groups -OCH3 is 1. The van der Waals surface area contributed by atoms with Gasteiger partial charge in [0.2, 0.25) is 0 Å². The smallest absolute Gasteiger partial charge is 0.347 e. The SMILES string of the molecule is COc1ccccc1C(=O)Oc1ccc(Br)c2ccccc12. The number of ether oxygens (including phenoxy) is 2. The van der Waals surface area contributed by atoms with Crippen LogP contribution in [0.5, 0.6) is 11.5 Å². The number of halogens is 1. The number of para-hydroxylation sites is 1. The highest BCUT2D eigenvalue weighted by molar-refractivity contribution is 9.10. The molecule has 3 aromatic rings. The average molecular weight is 357 g/mol. The lowest BCUT2D eigenvalue weighted by Crippen LogP contribution is -2.10. The van der Waals surface area contributed by atoms with Crippen LogP contribution in [0.2, 0.25) is 0 Å². The summed E-state index contributed by atoms with van der Waals surface area (Å²) in [6, 6.07) is 18.4. The summed E-state index contributed by atoms with van der Waals surface area (Å²) in [6.07, 6.45) is 0. The van der Waals surface area contributed by atoms with E-state index in [4.69, 9.17) is 9.47 Å². The van der Waals surface area contributed by atoms with Crippen LogP contribution in [-0.2, 0) is 0 Å². The van der Waals surface area contributed by atoms with E-state index in [2.05, 4.69) is 15.9 Å². The summed E-state index contributed by atoms with van der Waals surface area (Å²) in [5.41, 5.74) is 0.400. The normalized spacial score (nSPS) is 10.5. The maximum atomic E-state index is 12.4. The van der Waals surface area contributed by atoms with Gasteiger partial charge in [-0.05, 0) is 29.7 Å². The van der Waals surface area contributed by atoms with Gasteiger partial charge in [-0.25, -0.2) is 4.79 Å². The number of benzene rings is 3. The monoisotopic (exact) mass is 356 g/mol. The largest absolute Gasteiger partial charge is 0.496 e. The molecule has 0 aliphatic heterocycles. The van der Waals surface area contributed by atoms with Crippen molar-refractivity contribution in [3.63, 3.8) is 0 Å².